The fraction of sp³-hybridized carbons (Fsp3) is 0. The lowest BCUT2D eigenvalue weighted by Gasteiger charge is -1.98. The summed E-state index contributed by atoms with van der Waals surface area (Å²) in [6, 6.07) is 10.3. The number of rotatable bonds is 3. The summed E-state index contributed by atoms with van der Waals surface area (Å²) in [5.74, 6) is -0.981. The lowest BCUT2D eigenvalue weighted by molar-refractivity contribution is 0.103. The van der Waals surface area contributed by atoms with Crippen molar-refractivity contribution in [1.29, 1.82) is 0 Å². The van der Waals surface area contributed by atoms with E-state index in [1.807, 2.05) is 30.3 Å². The number of nitrogens with zero attached hydrogens (tertiary/aromatic N) is 4. The summed E-state index contributed by atoms with van der Waals surface area (Å²) in [6.07, 6.45) is 3.69. The first kappa shape index (κ1) is 12.2. The molecule has 5 nitrogen and oxygen atoms in total. The number of pyridine rings is 1. The van der Waals surface area contributed by atoms with Crippen molar-refractivity contribution < 1.29 is 9.18 Å². The van der Waals surface area contributed by atoms with E-state index in [-0.39, 0.29) is 11.3 Å². The minimum Gasteiger partial charge on any atom is -0.287 e. The Balaban J connectivity index is 1.93. The van der Waals surface area contributed by atoms with Gasteiger partial charge in [0.25, 0.3) is 0 Å². The number of benzene rings is 1. The third-order valence-corrected chi connectivity index (χ3v) is 2.68. The molecule has 6 heteroatoms. The number of carbonyl (C=O) groups excluding carboxylic acids is 1. The standard InChI is InChI=1S/C14H9FN4O/c15-11-6-10(7-16-8-11)14(20)13-9-17-19(18-13)12-4-2-1-3-5-12/h1-9H. The fourth-order valence-corrected chi connectivity index (χ4v) is 1.74. The molecule has 0 N–H and O–H groups in total. The van der Waals surface area contributed by atoms with Crippen LogP contribution in [0.25, 0.3) is 5.69 Å². The molecule has 0 saturated heterocycles. The highest BCUT2D eigenvalue weighted by Crippen LogP contribution is 2.09. The maximum absolute atomic E-state index is 13.1. The van der Waals surface area contributed by atoms with Crippen molar-refractivity contribution in [2.24, 2.45) is 0 Å². The van der Waals surface area contributed by atoms with E-state index in [1.165, 1.54) is 17.2 Å². The van der Waals surface area contributed by atoms with Crippen molar-refractivity contribution in [2.75, 3.05) is 0 Å². The van der Waals surface area contributed by atoms with Crippen molar-refractivity contribution >= 4 is 5.78 Å². The van der Waals surface area contributed by atoms with Gasteiger partial charge >= 0.3 is 0 Å². The van der Waals surface area contributed by atoms with Crippen LogP contribution >= 0.6 is 0 Å². The highest BCUT2D eigenvalue weighted by atomic mass is 19.1. The molecule has 1 aromatic carbocycles. The van der Waals surface area contributed by atoms with Gasteiger partial charge in [-0.05, 0) is 18.2 Å². The largest absolute Gasteiger partial charge is 0.287 e. The Morgan fingerprint density at radius 3 is 2.65 bits per heavy atom. The average Bonchev–Trinajstić information content (AvgIpc) is 2.97. The molecular weight excluding hydrogens is 259 g/mol. The topological polar surface area (TPSA) is 60.7 Å². The van der Waals surface area contributed by atoms with Gasteiger partial charge in [0, 0.05) is 11.8 Å². The molecule has 3 rings (SSSR count). The van der Waals surface area contributed by atoms with Crippen LogP contribution in [0.5, 0.6) is 0 Å². The van der Waals surface area contributed by atoms with Gasteiger partial charge < -0.3 is 0 Å². The van der Waals surface area contributed by atoms with Crippen LogP contribution in [0.1, 0.15) is 16.1 Å². The molecule has 0 unspecified atom stereocenters. The van der Waals surface area contributed by atoms with Gasteiger partial charge in [0.2, 0.25) is 5.78 Å². The Labute approximate surface area is 113 Å². The van der Waals surface area contributed by atoms with Crippen LogP contribution in [-0.4, -0.2) is 25.8 Å². The van der Waals surface area contributed by atoms with Crippen LogP contribution in [0.15, 0.2) is 55.0 Å². The smallest absolute Gasteiger partial charge is 0.216 e. The zero-order valence-electron chi connectivity index (χ0n) is 10.3. The van der Waals surface area contributed by atoms with Crippen LogP contribution < -0.4 is 0 Å². The summed E-state index contributed by atoms with van der Waals surface area (Å²) in [7, 11) is 0. The fourth-order valence-electron chi connectivity index (χ4n) is 1.74. The number of hydrogen-bond acceptors (Lipinski definition) is 4. The molecule has 0 fully saturated rings. The number of ketones is 1. The van der Waals surface area contributed by atoms with Gasteiger partial charge in [-0.15, -0.1) is 5.10 Å². The van der Waals surface area contributed by atoms with Gasteiger partial charge in [-0.2, -0.15) is 9.90 Å². The Morgan fingerprint density at radius 1 is 1.10 bits per heavy atom. The third-order valence-electron chi connectivity index (χ3n) is 2.68. The Bertz CT molecular complexity index is 755. The molecule has 0 aliphatic carbocycles. The van der Waals surface area contributed by atoms with E-state index in [2.05, 4.69) is 15.2 Å². The van der Waals surface area contributed by atoms with E-state index in [4.69, 9.17) is 0 Å². The maximum atomic E-state index is 13.1. The highest BCUT2D eigenvalue weighted by Gasteiger charge is 2.14. The van der Waals surface area contributed by atoms with Crippen molar-refractivity contribution in [3.63, 3.8) is 0 Å². The summed E-state index contributed by atoms with van der Waals surface area (Å²) in [6.45, 7) is 0. The molecule has 0 aliphatic rings. The summed E-state index contributed by atoms with van der Waals surface area (Å²) in [5, 5.41) is 8.12. The van der Waals surface area contributed by atoms with Crippen LogP contribution in [0, 0.1) is 5.82 Å². The lowest BCUT2D eigenvalue weighted by Crippen LogP contribution is -2.05. The van der Waals surface area contributed by atoms with Crippen molar-refractivity contribution in [2.45, 2.75) is 0 Å². The van der Waals surface area contributed by atoms with Crippen LogP contribution in [-0.2, 0) is 0 Å². The number of aromatic nitrogens is 4. The molecule has 0 atom stereocenters. The second kappa shape index (κ2) is 5.00. The van der Waals surface area contributed by atoms with E-state index in [9.17, 15) is 9.18 Å². The average molecular weight is 268 g/mol. The third kappa shape index (κ3) is 2.31. The number of carbonyl (C=O) groups is 1. The van der Waals surface area contributed by atoms with Gasteiger partial charge in [0.1, 0.15) is 5.82 Å². The number of halogens is 1. The Kier molecular flexibility index (Phi) is 3.04. The first-order valence-corrected chi connectivity index (χ1v) is 5.87. The normalized spacial score (nSPS) is 10.4. The first-order chi connectivity index (χ1) is 9.74. The van der Waals surface area contributed by atoms with E-state index >= 15 is 0 Å². The zero-order chi connectivity index (χ0) is 13.9. The van der Waals surface area contributed by atoms with Gasteiger partial charge in [-0.3, -0.25) is 9.78 Å². The molecular formula is C14H9FN4O. The molecule has 0 aliphatic heterocycles. The van der Waals surface area contributed by atoms with Gasteiger partial charge in [-0.1, -0.05) is 18.2 Å². The molecule has 20 heavy (non-hydrogen) atoms. The van der Waals surface area contributed by atoms with Gasteiger partial charge in [0.15, 0.2) is 5.69 Å². The number of para-hydroxylation sites is 1. The zero-order valence-corrected chi connectivity index (χ0v) is 10.3. The molecule has 0 bridgehead atoms. The maximum Gasteiger partial charge on any atom is 0.216 e. The molecule has 0 radical (unpaired) electrons. The molecule has 0 saturated carbocycles. The second-order valence-electron chi connectivity index (χ2n) is 4.08. The Hall–Kier alpha value is -2.89. The van der Waals surface area contributed by atoms with E-state index in [0.717, 1.165) is 18.0 Å². The van der Waals surface area contributed by atoms with E-state index in [0.29, 0.717) is 0 Å². The molecule has 98 valence electrons. The SMILES string of the molecule is O=C(c1cncc(F)c1)c1cnn(-c2ccccc2)n1. The lowest BCUT2D eigenvalue weighted by atomic mass is 10.1. The van der Waals surface area contributed by atoms with E-state index in [1.54, 1.807) is 0 Å². The quantitative estimate of drug-likeness (QED) is 0.682. The number of hydrogen-bond donors (Lipinski definition) is 0. The predicted molar refractivity (Wildman–Crippen MR) is 69.0 cm³/mol. The molecule has 3 aromatic rings. The summed E-state index contributed by atoms with van der Waals surface area (Å²) in [4.78, 5) is 17.1. The van der Waals surface area contributed by atoms with Crippen LogP contribution in [0.4, 0.5) is 4.39 Å². The molecule has 0 spiro atoms. The molecule has 2 heterocycles. The van der Waals surface area contributed by atoms with Crippen LogP contribution in [0.3, 0.4) is 0 Å². The van der Waals surface area contributed by atoms with Gasteiger partial charge in [0.05, 0.1) is 18.1 Å². The van der Waals surface area contributed by atoms with Crippen molar-refractivity contribution in [3.05, 3.63) is 72.1 Å². The van der Waals surface area contributed by atoms with E-state index < -0.39 is 11.6 Å². The second-order valence-corrected chi connectivity index (χ2v) is 4.08. The Morgan fingerprint density at radius 2 is 1.90 bits per heavy atom. The molecule has 0 amide bonds. The highest BCUT2D eigenvalue weighted by molar-refractivity contribution is 6.07. The predicted octanol–water partition coefficient (Wildman–Crippen LogP) is 2.03. The van der Waals surface area contributed by atoms with Crippen molar-refractivity contribution in [3.8, 4) is 5.69 Å². The van der Waals surface area contributed by atoms with Crippen molar-refractivity contribution in [1.82, 2.24) is 20.0 Å². The summed E-state index contributed by atoms with van der Waals surface area (Å²) in [5.41, 5.74) is 1.02. The summed E-state index contributed by atoms with van der Waals surface area (Å²) >= 11 is 0. The first-order valence-electron chi connectivity index (χ1n) is 5.87. The monoisotopic (exact) mass is 268 g/mol. The van der Waals surface area contributed by atoms with Crippen LogP contribution in [0.2, 0.25) is 0 Å². The molecule has 2 aromatic heterocycles. The van der Waals surface area contributed by atoms with Gasteiger partial charge in [-0.25, -0.2) is 4.39 Å². The minimum atomic E-state index is -0.564. The summed E-state index contributed by atoms with van der Waals surface area (Å²) < 4.78 is 13.1. The minimum absolute atomic E-state index is 0.140.